The van der Waals surface area contributed by atoms with Crippen molar-refractivity contribution in [1.82, 2.24) is 5.43 Å². The molecule has 0 aromatic heterocycles. The number of sulfone groups is 1. The van der Waals surface area contributed by atoms with Crippen molar-refractivity contribution in [2.45, 2.75) is 39.2 Å². The van der Waals surface area contributed by atoms with E-state index < -0.39 is 9.84 Å². The molecule has 0 aliphatic rings. The summed E-state index contributed by atoms with van der Waals surface area (Å²) in [7, 11) is -2.87. The fraction of sp³-hybridized carbons (Fsp3) is 0.571. The first-order chi connectivity index (χ1) is 8.98. The van der Waals surface area contributed by atoms with Crippen LogP contribution in [-0.4, -0.2) is 26.0 Å². The molecule has 1 aromatic carbocycles. The third kappa shape index (κ3) is 5.72. The van der Waals surface area contributed by atoms with Crippen molar-refractivity contribution in [3.05, 3.63) is 35.4 Å². The van der Waals surface area contributed by atoms with Crippen molar-refractivity contribution >= 4 is 9.84 Å². The molecule has 0 saturated heterocycles. The van der Waals surface area contributed by atoms with Gasteiger partial charge in [-0.2, -0.15) is 0 Å². The van der Waals surface area contributed by atoms with Gasteiger partial charge in [0.15, 0.2) is 0 Å². The number of hydrogen-bond donors (Lipinski definition) is 2. The third-order valence-electron chi connectivity index (χ3n) is 3.41. The molecule has 0 amide bonds. The Bertz CT molecular complexity index is 486. The van der Waals surface area contributed by atoms with E-state index in [9.17, 15) is 8.42 Å². The number of aryl methyl sites for hydroxylation is 1. The van der Waals surface area contributed by atoms with Crippen molar-refractivity contribution in [3.63, 3.8) is 0 Å². The number of benzene rings is 1. The molecule has 0 bridgehead atoms. The summed E-state index contributed by atoms with van der Waals surface area (Å²) in [6.45, 7) is 3.76. The molecule has 0 fully saturated rings. The van der Waals surface area contributed by atoms with Gasteiger partial charge in [-0.1, -0.05) is 31.2 Å². The molecule has 108 valence electrons. The van der Waals surface area contributed by atoms with Crippen LogP contribution in [0.1, 0.15) is 30.9 Å². The predicted octanol–water partition coefficient (Wildman–Crippen LogP) is 1.58. The molecule has 0 radical (unpaired) electrons. The predicted molar refractivity (Wildman–Crippen MR) is 79.6 cm³/mol. The van der Waals surface area contributed by atoms with Gasteiger partial charge in [0.25, 0.3) is 0 Å². The minimum Gasteiger partial charge on any atom is -0.271 e. The summed E-state index contributed by atoms with van der Waals surface area (Å²) >= 11 is 0. The van der Waals surface area contributed by atoms with Crippen molar-refractivity contribution in [3.8, 4) is 0 Å². The minimum absolute atomic E-state index is 0.119. The van der Waals surface area contributed by atoms with Crippen LogP contribution >= 0.6 is 0 Å². The molecule has 5 heteroatoms. The third-order valence-corrected chi connectivity index (χ3v) is 5.20. The summed E-state index contributed by atoms with van der Waals surface area (Å²) < 4.78 is 22.9. The van der Waals surface area contributed by atoms with Crippen LogP contribution in [0.15, 0.2) is 24.3 Å². The zero-order valence-corrected chi connectivity index (χ0v) is 12.5. The number of nitrogens with one attached hydrogen (secondary N) is 1. The van der Waals surface area contributed by atoms with Gasteiger partial charge >= 0.3 is 0 Å². The number of hydrogen-bond acceptors (Lipinski definition) is 4. The van der Waals surface area contributed by atoms with Crippen molar-refractivity contribution in [1.29, 1.82) is 0 Å². The van der Waals surface area contributed by atoms with Crippen LogP contribution in [0.5, 0.6) is 0 Å². The topological polar surface area (TPSA) is 72.2 Å². The van der Waals surface area contributed by atoms with Gasteiger partial charge < -0.3 is 0 Å². The van der Waals surface area contributed by atoms with E-state index in [4.69, 9.17) is 5.84 Å². The fourth-order valence-corrected chi connectivity index (χ4v) is 2.94. The van der Waals surface area contributed by atoms with Crippen molar-refractivity contribution in [2.24, 2.45) is 5.84 Å². The highest BCUT2D eigenvalue weighted by Crippen LogP contribution is 2.12. The Kier molecular flexibility index (Phi) is 6.48. The Morgan fingerprint density at radius 3 is 2.58 bits per heavy atom. The lowest BCUT2D eigenvalue weighted by molar-refractivity contribution is 0.484. The minimum atomic E-state index is -2.87. The second-order valence-corrected chi connectivity index (χ2v) is 7.35. The van der Waals surface area contributed by atoms with E-state index in [-0.39, 0.29) is 17.5 Å². The van der Waals surface area contributed by atoms with E-state index in [1.165, 1.54) is 11.1 Å². The van der Waals surface area contributed by atoms with E-state index in [2.05, 4.69) is 24.5 Å². The highest BCUT2D eigenvalue weighted by Gasteiger charge is 2.12. The molecule has 1 unspecified atom stereocenters. The first kappa shape index (κ1) is 16.1. The smallest absolute Gasteiger partial charge is 0.150 e. The van der Waals surface area contributed by atoms with Gasteiger partial charge in [0.2, 0.25) is 0 Å². The summed E-state index contributed by atoms with van der Waals surface area (Å²) in [6.07, 6.45) is 2.25. The zero-order chi connectivity index (χ0) is 14.3. The molecular weight excluding hydrogens is 260 g/mol. The Labute approximate surface area is 116 Å². The molecule has 0 heterocycles. The van der Waals surface area contributed by atoms with Crippen LogP contribution in [0.4, 0.5) is 0 Å². The van der Waals surface area contributed by atoms with Gasteiger partial charge in [0.1, 0.15) is 9.84 Å². The quantitative estimate of drug-likeness (QED) is 0.561. The molecular formula is C14H24N2O2S. The molecule has 1 rings (SSSR count). The lowest BCUT2D eigenvalue weighted by Crippen LogP contribution is -2.37. The molecule has 0 aliphatic heterocycles. The van der Waals surface area contributed by atoms with Gasteiger partial charge in [-0.15, -0.1) is 0 Å². The lowest BCUT2D eigenvalue weighted by Gasteiger charge is -2.17. The maximum absolute atomic E-state index is 11.4. The monoisotopic (exact) mass is 284 g/mol. The summed E-state index contributed by atoms with van der Waals surface area (Å²) in [4.78, 5) is 0. The Balaban J connectivity index is 2.49. The maximum Gasteiger partial charge on any atom is 0.150 e. The van der Waals surface area contributed by atoms with Crippen LogP contribution in [-0.2, 0) is 16.3 Å². The van der Waals surface area contributed by atoms with Gasteiger partial charge in [-0.05, 0) is 37.3 Å². The standard InChI is InChI=1S/C14H24N2O2S/c1-3-19(17,18)10-6-9-14(16-15)11-13-8-5-4-7-12(13)2/h4-5,7-8,14,16H,3,6,9-11,15H2,1-2H3. The summed E-state index contributed by atoms with van der Waals surface area (Å²) in [5, 5.41) is 0. The Morgan fingerprint density at radius 2 is 2.00 bits per heavy atom. The molecule has 4 nitrogen and oxygen atoms in total. The number of rotatable bonds is 8. The van der Waals surface area contributed by atoms with E-state index in [1.54, 1.807) is 6.92 Å². The molecule has 0 saturated carbocycles. The first-order valence-electron chi connectivity index (χ1n) is 6.69. The summed E-state index contributed by atoms with van der Waals surface area (Å²) in [6, 6.07) is 8.30. The van der Waals surface area contributed by atoms with Crippen molar-refractivity contribution in [2.75, 3.05) is 11.5 Å². The lowest BCUT2D eigenvalue weighted by atomic mass is 9.99. The maximum atomic E-state index is 11.4. The van der Waals surface area contributed by atoms with Crippen molar-refractivity contribution < 1.29 is 8.42 Å². The Morgan fingerprint density at radius 1 is 1.32 bits per heavy atom. The van der Waals surface area contributed by atoms with Gasteiger partial charge in [-0.25, -0.2) is 8.42 Å². The number of nitrogens with two attached hydrogens (primary N) is 1. The average Bonchev–Trinajstić information content (AvgIpc) is 2.39. The van der Waals surface area contributed by atoms with E-state index in [0.29, 0.717) is 6.42 Å². The second kappa shape index (κ2) is 7.62. The first-order valence-corrected chi connectivity index (χ1v) is 8.51. The van der Waals surface area contributed by atoms with Crippen LogP contribution < -0.4 is 11.3 Å². The highest BCUT2D eigenvalue weighted by molar-refractivity contribution is 7.91. The van der Waals surface area contributed by atoms with Crippen LogP contribution in [0.25, 0.3) is 0 Å². The molecule has 1 aromatic rings. The molecule has 3 N–H and O–H groups in total. The van der Waals surface area contributed by atoms with E-state index >= 15 is 0 Å². The average molecular weight is 284 g/mol. The summed E-state index contributed by atoms with van der Waals surface area (Å²) in [5.74, 6) is 6.01. The van der Waals surface area contributed by atoms with Crippen LogP contribution in [0.3, 0.4) is 0 Å². The summed E-state index contributed by atoms with van der Waals surface area (Å²) in [5.41, 5.74) is 5.28. The second-order valence-electron chi connectivity index (χ2n) is 4.87. The van der Waals surface area contributed by atoms with Gasteiger partial charge in [0.05, 0.1) is 5.75 Å². The highest BCUT2D eigenvalue weighted by atomic mass is 32.2. The zero-order valence-electron chi connectivity index (χ0n) is 11.7. The molecule has 1 atom stereocenters. The fourth-order valence-electron chi connectivity index (χ4n) is 2.04. The SMILES string of the molecule is CCS(=O)(=O)CCCC(Cc1ccccc1C)NN. The van der Waals surface area contributed by atoms with Crippen LogP contribution in [0, 0.1) is 6.92 Å². The largest absolute Gasteiger partial charge is 0.271 e. The molecule has 0 spiro atoms. The van der Waals surface area contributed by atoms with Crippen LogP contribution in [0.2, 0.25) is 0 Å². The Hall–Kier alpha value is -0.910. The normalized spacial score (nSPS) is 13.4. The van der Waals surface area contributed by atoms with E-state index in [0.717, 1.165) is 12.8 Å². The molecule has 0 aliphatic carbocycles. The van der Waals surface area contributed by atoms with Gasteiger partial charge in [0, 0.05) is 11.8 Å². The van der Waals surface area contributed by atoms with E-state index in [1.807, 2.05) is 12.1 Å². The van der Waals surface area contributed by atoms with Gasteiger partial charge in [-0.3, -0.25) is 11.3 Å². The molecule has 19 heavy (non-hydrogen) atoms. The number of hydrazine groups is 1.